The van der Waals surface area contributed by atoms with Crippen molar-refractivity contribution in [1.82, 2.24) is 10.1 Å². The molecule has 10 heteroatoms. The van der Waals surface area contributed by atoms with Gasteiger partial charge in [0.15, 0.2) is 0 Å². The Kier molecular flexibility index (Phi) is 5.12. The Balaban J connectivity index is 1.99. The summed E-state index contributed by atoms with van der Waals surface area (Å²) in [6.45, 7) is 3.65. The minimum atomic E-state index is -1.27. The number of primary amides is 1. The highest BCUT2D eigenvalue weighted by molar-refractivity contribution is 6.12. The lowest BCUT2D eigenvalue weighted by Gasteiger charge is -2.12. The van der Waals surface area contributed by atoms with Crippen LogP contribution in [-0.2, 0) is 4.74 Å². The third-order valence-corrected chi connectivity index (χ3v) is 4.26. The number of nitrogens with zero attached hydrogens (tertiary/aromatic N) is 2. The minimum Gasteiger partial charge on any atom is -0.490 e. The van der Waals surface area contributed by atoms with Crippen LogP contribution in [0.25, 0.3) is 33.7 Å². The second kappa shape index (κ2) is 7.90. The predicted molar refractivity (Wildman–Crippen MR) is 106 cm³/mol. The molecule has 2 aromatic carbocycles. The molecule has 0 saturated heterocycles. The Hall–Kier alpha value is -4.21. The van der Waals surface area contributed by atoms with Crippen LogP contribution in [-0.4, -0.2) is 28.3 Å². The van der Waals surface area contributed by atoms with Gasteiger partial charge in [-0.25, -0.2) is 14.0 Å². The Labute approximate surface area is 174 Å². The van der Waals surface area contributed by atoms with Crippen LogP contribution >= 0.6 is 0 Å². The van der Waals surface area contributed by atoms with Gasteiger partial charge in [-0.15, -0.1) is 0 Å². The highest BCUT2D eigenvalue weighted by Gasteiger charge is 2.27. The van der Waals surface area contributed by atoms with Crippen LogP contribution in [0.2, 0.25) is 0 Å². The fraction of sp³-hybridized carbons (Fsp3) is 0.143. The van der Waals surface area contributed by atoms with Gasteiger partial charge in [-0.05, 0) is 50.2 Å². The molecule has 0 saturated carbocycles. The molecule has 0 aliphatic carbocycles. The van der Waals surface area contributed by atoms with E-state index >= 15 is 0 Å². The minimum absolute atomic E-state index is 0.0614. The summed E-state index contributed by atoms with van der Waals surface area (Å²) >= 11 is 0. The number of rotatable bonds is 5. The average molecular weight is 425 g/mol. The van der Waals surface area contributed by atoms with E-state index in [1.165, 1.54) is 30.7 Å². The Morgan fingerprint density at radius 1 is 1.16 bits per heavy atom. The number of hydrogen-bond acceptors (Lipinski definition) is 8. The van der Waals surface area contributed by atoms with E-state index < -0.39 is 17.9 Å². The lowest BCUT2D eigenvalue weighted by molar-refractivity contribution is 0.0640. The van der Waals surface area contributed by atoms with Gasteiger partial charge in [-0.3, -0.25) is 0 Å². The Morgan fingerprint density at radius 3 is 2.52 bits per heavy atom. The number of esters is 1. The van der Waals surface area contributed by atoms with E-state index in [4.69, 9.17) is 19.4 Å². The summed E-state index contributed by atoms with van der Waals surface area (Å²) in [5.41, 5.74) is 6.07. The number of amides is 1. The van der Waals surface area contributed by atoms with Gasteiger partial charge in [0.25, 0.3) is 0 Å². The van der Waals surface area contributed by atoms with Crippen LogP contribution in [0, 0.1) is 5.82 Å². The van der Waals surface area contributed by atoms with Crippen molar-refractivity contribution >= 4 is 23.0 Å². The molecule has 31 heavy (non-hydrogen) atoms. The second-order valence-electron chi connectivity index (χ2n) is 6.79. The summed E-state index contributed by atoms with van der Waals surface area (Å²) < 4.78 is 34.6. The molecule has 2 heterocycles. The summed E-state index contributed by atoms with van der Waals surface area (Å²) in [5.74, 6) is -0.814. The SMILES string of the molecule is CC(C)Oc1cc2c(C(=O)OC(N)=O)c(-c3ccc(F)cc3)oc2cc1-c1ncon1. The summed E-state index contributed by atoms with van der Waals surface area (Å²) in [6, 6.07) is 8.41. The van der Waals surface area contributed by atoms with E-state index in [0.29, 0.717) is 22.3 Å². The molecule has 0 fully saturated rings. The molecule has 9 nitrogen and oxygen atoms in total. The average Bonchev–Trinajstić information content (AvgIpc) is 3.34. The lowest BCUT2D eigenvalue weighted by atomic mass is 10.0. The van der Waals surface area contributed by atoms with Gasteiger partial charge in [0, 0.05) is 10.9 Å². The van der Waals surface area contributed by atoms with Crippen molar-refractivity contribution in [2.45, 2.75) is 20.0 Å². The molecular weight excluding hydrogens is 409 g/mol. The summed E-state index contributed by atoms with van der Waals surface area (Å²) in [4.78, 5) is 27.9. The molecule has 0 aliphatic rings. The van der Waals surface area contributed by atoms with Gasteiger partial charge in [0.05, 0.1) is 11.7 Å². The van der Waals surface area contributed by atoms with Crippen LogP contribution < -0.4 is 10.5 Å². The first-order chi connectivity index (χ1) is 14.8. The maximum absolute atomic E-state index is 13.4. The van der Waals surface area contributed by atoms with E-state index in [1.807, 2.05) is 13.8 Å². The van der Waals surface area contributed by atoms with Gasteiger partial charge < -0.3 is 24.1 Å². The normalized spacial score (nSPS) is 11.1. The first-order valence-electron chi connectivity index (χ1n) is 9.15. The largest absolute Gasteiger partial charge is 0.490 e. The third-order valence-electron chi connectivity index (χ3n) is 4.26. The van der Waals surface area contributed by atoms with Crippen LogP contribution in [0.4, 0.5) is 9.18 Å². The zero-order valence-corrected chi connectivity index (χ0v) is 16.4. The number of aromatic nitrogens is 2. The highest BCUT2D eigenvalue weighted by Crippen LogP contribution is 2.40. The number of furan rings is 1. The van der Waals surface area contributed by atoms with Crippen molar-refractivity contribution in [2.24, 2.45) is 5.73 Å². The Bertz CT molecular complexity index is 1260. The van der Waals surface area contributed by atoms with Crippen molar-refractivity contribution in [1.29, 1.82) is 0 Å². The Morgan fingerprint density at radius 2 is 1.90 bits per heavy atom. The monoisotopic (exact) mass is 425 g/mol. The summed E-state index contributed by atoms with van der Waals surface area (Å²) in [6.07, 6.45) is -0.320. The first kappa shape index (κ1) is 20.1. The molecule has 0 aliphatic heterocycles. The molecule has 0 unspecified atom stereocenters. The number of halogens is 1. The number of carbonyl (C=O) groups is 2. The first-order valence-corrected chi connectivity index (χ1v) is 9.15. The molecule has 158 valence electrons. The van der Waals surface area contributed by atoms with Crippen LogP contribution in [0.15, 0.2) is 51.7 Å². The fourth-order valence-electron chi connectivity index (χ4n) is 3.09. The van der Waals surface area contributed by atoms with Crippen molar-refractivity contribution in [3.63, 3.8) is 0 Å². The number of ether oxygens (including phenoxy) is 2. The molecular formula is C21H16FN3O6. The number of nitrogens with two attached hydrogens (primary N) is 1. The van der Waals surface area contributed by atoms with Crippen molar-refractivity contribution in [3.8, 4) is 28.5 Å². The topological polar surface area (TPSA) is 131 Å². The van der Waals surface area contributed by atoms with Crippen LogP contribution in [0.3, 0.4) is 0 Å². The number of benzene rings is 2. The zero-order valence-electron chi connectivity index (χ0n) is 16.4. The predicted octanol–water partition coefficient (Wildman–Crippen LogP) is 4.31. The molecule has 0 radical (unpaired) electrons. The van der Waals surface area contributed by atoms with Gasteiger partial charge in [-0.1, -0.05) is 5.16 Å². The van der Waals surface area contributed by atoms with Crippen molar-refractivity contribution in [3.05, 3.63) is 54.2 Å². The molecule has 0 bridgehead atoms. The molecule has 4 rings (SSSR count). The van der Waals surface area contributed by atoms with Crippen molar-refractivity contribution < 1.29 is 32.4 Å². The van der Waals surface area contributed by atoms with Gasteiger partial charge in [0.1, 0.15) is 28.5 Å². The molecule has 0 atom stereocenters. The fourth-order valence-corrected chi connectivity index (χ4v) is 3.09. The van der Waals surface area contributed by atoms with Crippen LogP contribution in [0.1, 0.15) is 24.2 Å². The zero-order chi connectivity index (χ0) is 22.1. The lowest BCUT2D eigenvalue weighted by Crippen LogP contribution is -2.18. The maximum atomic E-state index is 13.4. The van der Waals surface area contributed by atoms with E-state index in [-0.39, 0.29) is 28.8 Å². The highest BCUT2D eigenvalue weighted by atomic mass is 19.1. The summed E-state index contributed by atoms with van der Waals surface area (Å²) in [5, 5.41) is 4.13. The molecule has 2 aromatic heterocycles. The maximum Gasteiger partial charge on any atom is 0.412 e. The van der Waals surface area contributed by atoms with E-state index in [1.54, 1.807) is 12.1 Å². The number of carbonyl (C=O) groups excluding carboxylic acids is 2. The number of fused-ring (bicyclic) bond motifs is 1. The molecule has 4 aromatic rings. The quantitative estimate of drug-likeness (QED) is 0.370. The van der Waals surface area contributed by atoms with Crippen molar-refractivity contribution in [2.75, 3.05) is 0 Å². The smallest absolute Gasteiger partial charge is 0.412 e. The molecule has 1 amide bonds. The van der Waals surface area contributed by atoms with Gasteiger partial charge in [0.2, 0.25) is 12.2 Å². The van der Waals surface area contributed by atoms with E-state index in [2.05, 4.69) is 14.9 Å². The second-order valence-corrected chi connectivity index (χ2v) is 6.79. The molecule has 0 spiro atoms. The van der Waals surface area contributed by atoms with E-state index in [0.717, 1.165) is 0 Å². The molecule has 2 N–H and O–H groups in total. The van der Waals surface area contributed by atoms with Crippen LogP contribution in [0.5, 0.6) is 5.75 Å². The van der Waals surface area contributed by atoms with Gasteiger partial charge >= 0.3 is 12.1 Å². The summed E-state index contributed by atoms with van der Waals surface area (Å²) in [7, 11) is 0. The number of hydrogen-bond donors (Lipinski definition) is 1. The van der Waals surface area contributed by atoms with Gasteiger partial charge in [-0.2, -0.15) is 4.98 Å². The third kappa shape index (κ3) is 3.95. The standard InChI is InChI=1S/C21H16FN3O6/c1-10(2)29-16-7-13-15(8-14(16)19-24-9-28-25-19)30-18(11-3-5-12(22)6-4-11)17(13)20(26)31-21(23)27/h3-10H,1-2H3,(H2,23,27). The van der Waals surface area contributed by atoms with E-state index in [9.17, 15) is 14.0 Å².